The van der Waals surface area contributed by atoms with E-state index in [1.807, 2.05) is 0 Å². The third-order valence-corrected chi connectivity index (χ3v) is 1.80. The molecule has 6 nitrogen and oxygen atoms in total. The zero-order valence-electron chi connectivity index (χ0n) is 8.60. The van der Waals surface area contributed by atoms with Gasteiger partial charge in [0.2, 0.25) is 0 Å². The molecule has 98 valence electrons. The fourth-order valence-corrected chi connectivity index (χ4v) is 1.10. The van der Waals surface area contributed by atoms with Crippen LogP contribution in [0, 0.1) is 10.1 Å². The zero-order valence-corrected chi connectivity index (χ0v) is 8.60. The highest BCUT2D eigenvalue weighted by atomic mass is 19.4. The van der Waals surface area contributed by atoms with E-state index in [-0.39, 0.29) is 0 Å². The summed E-state index contributed by atoms with van der Waals surface area (Å²) in [7, 11) is 0. The average molecular weight is 265 g/mol. The predicted octanol–water partition coefficient (Wildman–Crippen LogP) is 2.23. The highest BCUT2D eigenvalue weighted by Crippen LogP contribution is 2.26. The molecule has 0 aromatic heterocycles. The van der Waals surface area contributed by atoms with Gasteiger partial charge in [0.05, 0.1) is 11.0 Å². The number of nitro groups is 1. The monoisotopic (exact) mass is 265 g/mol. The van der Waals surface area contributed by atoms with Crippen LogP contribution in [0.25, 0.3) is 0 Å². The number of aromatic carboxylic acids is 1. The quantitative estimate of drug-likeness (QED) is 0.666. The number of hydrogen-bond acceptors (Lipinski definition) is 4. The van der Waals surface area contributed by atoms with E-state index in [4.69, 9.17) is 5.11 Å². The van der Waals surface area contributed by atoms with Gasteiger partial charge in [-0.15, -0.1) is 0 Å². The fraction of sp³-hybridized carbons (Fsp3) is 0.222. The molecule has 0 radical (unpaired) electrons. The Bertz CT molecular complexity index is 486. The van der Waals surface area contributed by atoms with E-state index in [9.17, 15) is 28.1 Å². The first-order valence-corrected chi connectivity index (χ1v) is 4.42. The fourth-order valence-electron chi connectivity index (χ4n) is 1.10. The molecule has 9 heteroatoms. The minimum absolute atomic E-state index is 0.427. The lowest BCUT2D eigenvalue weighted by atomic mass is 10.2. The van der Waals surface area contributed by atoms with Gasteiger partial charge in [-0.3, -0.25) is 10.1 Å². The number of nitrogens with zero attached hydrogens (tertiary/aromatic N) is 1. The lowest BCUT2D eigenvalue weighted by Crippen LogP contribution is -2.19. The number of hydrogen-bond donors (Lipinski definition) is 1. The first-order chi connectivity index (χ1) is 8.20. The number of alkyl halides is 3. The number of ether oxygens (including phenoxy) is 1. The van der Waals surface area contributed by atoms with Crippen molar-refractivity contribution >= 4 is 11.7 Å². The van der Waals surface area contributed by atoms with E-state index in [0.717, 1.165) is 12.1 Å². The Kier molecular flexibility index (Phi) is 3.74. The van der Waals surface area contributed by atoms with Crippen LogP contribution in [-0.4, -0.2) is 28.8 Å². The maximum atomic E-state index is 11.9. The van der Waals surface area contributed by atoms with Crippen LogP contribution < -0.4 is 4.74 Å². The van der Waals surface area contributed by atoms with Crippen molar-refractivity contribution in [3.63, 3.8) is 0 Å². The van der Waals surface area contributed by atoms with Crippen LogP contribution in [-0.2, 0) is 0 Å². The summed E-state index contributed by atoms with van der Waals surface area (Å²) in [6.45, 7) is -1.61. The number of carboxylic acid groups (broad SMARTS) is 1. The molecule has 18 heavy (non-hydrogen) atoms. The topological polar surface area (TPSA) is 89.7 Å². The molecule has 0 saturated heterocycles. The Hall–Kier alpha value is -2.32. The maximum absolute atomic E-state index is 11.9. The average Bonchev–Trinajstić information content (AvgIpc) is 2.24. The van der Waals surface area contributed by atoms with Crippen molar-refractivity contribution < 1.29 is 32.7 Å². The van der Waals surface area contributed by atoms with Gasteiger partial charge in [-0.25, -0.2) is 4.79 Å². The molecular formula is C9H6F3NO5. The largest absolute Gasteiger partial charge is 0.484 e. The molecule has 0 aliphatic rings. The molecule has 0 fully saturated rings. The van der Waals surface area contributed by atoms with Gasteiger partial charge in [-0.2, -0.15) is 13.2 Å². The maximum Gasteiger partial charge on any atom is 0.422 e. The Morgan fingerprint density at radius 2 is 2.06 bits per heavy atom. The van der Waals surface area contributed by atoms with Crippen LogP contribution in [0.1, 0.15) is 10.4 Å². The molecule has 1 aromatic carbocycles. The summed E-state index contributed by atoms with van der Waals surface area (Å²) in [5.41, 5.74) is -1.46. The predicted molar refractivity (Wildman–Crippen MR) is 51.6 cm³/mol. The number of carbonyl (C=O) groups is 1. The smallest absolute Gasteiger partial charge is 0.422 e. The van der Waals surface area contributed by atoms with E-state index in [1.54, 1.807) is 0 Å². The van der Waals surface area contributed by atoms with Gasteiger partial charge < -0.3 is 9.84 Å². The van der Waals surface area contributed by atoms with Crippen LogP contribution in [0.15, 0.2) is 18.2 Å². The number of halogens is 3. The van der Waals surface area contributed by atoms with Crippen molar-refractivity contribution in [2.45, 2.75) is 6.18 Å². The van der Waals surface area contributed by atoms with Gasteiger partial charge in [0, 0.05) is 0 Å². The van der Waals surface area contributed by atoms with E-state index in [1.165, 1.54) is 0 Å². The summed E-state index contributed by atoms with van der Waals surface area (Å²) in [6, 6.07) is 2.36. The van der Waals surface area contributed by atoms with Gasteiger partial charge >= 0.3 is 12.1 Å². The Balaban J connectivity index is 3.01. The van der Waals surface area contributed by atoms with Crippen LogP contribution in [0.5, 0.6) is 5.75 Å². The minimum atomic E-state index is -4.58. The van der Waals surface area contributed by atoms with Gasteiger partial charge in [0.1, 0.15) is 11.3 Å². The van der Waals surface area contributed by atoms with E-state index < -0.39 is 40.7 Å². The van der Waals surface area contributed by atoms with Gasteiger partial charge in [-0.1, -0.05) is 0 Å². The molecule has 0 bridgehead atoms. The van der Waals surface area contributed by atoms with Crippen LogP contribution in [0.3, 0.4) is 0 Å². The SMILES string of the molecule is O=C(O)c1ccc(OCC(F)(F)F)cc1[N+](=O)[O-]. The van der Waals surface area contributed by atoms with E-state index >= 15 is 0 Å². The second-order valence-electron chi connectivity index (χ2n) is 3.15. The van der Waals surface area contributed by atoms with Crippen molar-refractivity contribution in [2.75, 3.05) is 6.61 Å². The van der Waals surface area contributed by atoms with E-state index in [2.05, 4.69) is 4.74 Å². The third-order valence-electron chi connectivity index (χ3n) is 1.80. The van der Waals surface area contributed by atoms with Crippen LogP contribution >= 0.6 is 0 Å². The summed E-state index contributed by atoms with van der Waals surface area (Å²) in [4.78, 5) is 20.2. The van der Waals surface area contributed by atoms with Gasteiger partial charge in [-0.05, 0) is 12.1 Å². The Morgan fingerprint density at radius 1 is 1.44 bits per heavy atom. The summed E-state index contributed by atoms with van der Waals surface area (Å²) in [5, 5.41) is 19.2. The summed E-state index contributed by atoms with van der Waals surface area (Å²) in [5.74, 6) is -1.98. The molecule has 0 atom stereocenters. The third kappa shape index (κ3) is 3.61. The number of carboxylic acids is 1. The lowest BCUT2D eigenvalue weighted by molar-refractivity contribution is -0.385. The second kappa shape index (κ2) is 4.90. The standard InChI is InChI=1S/C9H6F3NO5/c10-9(11,12)4-18-5-1-2-6(8(14)15)7(3-5)13(16)17/h1-3H,4H2,(H,14,15). The molecule has 0 amide bonds. The van der Waals surface area contributed by atoms with Gasteiger partial charge in [0.25, 0.3) is 5.69 Å². The second-order valence-corrected chi connectivity index (χ2v) is 3.15. The molecule has 1 rings (SSSR count). The zero-order chi connectivity index (χ0) is 13.9. The highest BCUT2D eigenvalue weighted by molar-refractivity contribution is 5.92. The summed E-state index contributed by atoms with van der Waals surface area (Å²) < 4.78 is 39.8. The lowest BCUT2D eigenvalue weighted by Gasteiger charge is -2.09. The molecule has 0 aliphatic carbocycles. The Morgan fingerprint density at radius 3 is 2.50 bits per heavy atom. The minimum Gasteiger partial charge on any atom is -0.484 e. The van der Waals surface area contributed by atoms with Crippen molar-refractivity contribution in [1.82, 2.24) is 0 Å². The van der Waals surface area contributed by atoms with Crippen molar-refractivity contribution in [1.29, 1.82) is 0 Å². The van der Waals surface area contributed by atoms with Crippen molar-refractivity contribution in [3.8, 4) is 5.75 Å². The van der Waals surface area contributed by atoms with Crippen molar-refractivity contribution in [2.24, 2.45) is 0 Å². The molecule has 0 saturated carbocycles. The van der Waals surface area contributed by atoms with Crippen molar-refractivity contribution in [3.05, 3.63) is 33.9 Å². The van der Waals surface area contributed by atoms with Crippen LogP contribution in [0.2, 0.25) is 0 Å². The van der Waals surface area contributed by atoms with E-state index in [0.29, 0.717) is 6.07 Å². The Labute approximate surface area is 97.7 Å². The molecule has 0 aliphatic heterocycles. The molecule has 0 spiro atoms. The molecular weight excluding hydrogens is 259 g/mol. The number of nitro benzene ring substituents is 1. The summed E-state index contributed by atoms with van der Waals surface area (Å²) >= 11 is 0. The first kappa shape index (κ1) is 13.7. The highest BCUT2D eigenvalue weighted by Gasteiger charge is 2.29. The normalized spacial score (nSPS) is 11.1. The number of benzene rings is 1. The van der Waals surface area contributed by atoms with Gasteiger partial charge in [0.15, 0.2) is 6.61 Å². The number of rotatable bonds is 4. The molecule has 0 heterocycles. The summed E-state index contributed by atoms with van der Waals surface area (Å²) in [6.07, 6.45) is -4.58. The molecule has 1 aromatic rings. The molecule has 0 unspecified atom stereocenters. The van der Waals surface area contributed by atoms with Crippen LogP contribution in [0.4, 0.5) is 18.9 Å². The first-order valence-electron chi connectivity index (χ1n) is 4.42. The molecule has 1 N–H and O–H groups in total.